The summed E-state index contributed by atoms with van der Waals surface area (Å²) in [5.74, 6) is 0.0683. The highest BCUT2D eigenvalue weighted by Crippen LogP contribution is 2.33. The molecule has 0 spiro atoms. The molecule has 4 nitrogen and oxygen atoms in total. The van der Waals surface area contributed by atoms with Crippen LogP contribution in [-0.4, -0.2) is 27.4 Å². The molecule has 1 saturated carbocycles. The molecule has 0 unspecified atom stereocenters. The lowest BCUT2D eigenvalue weighted by Gasteiger charge is -2.23. The second kappa shape index (κ2) is 6.47. The van der Waals surface area contributed by atoms with Crippen molar-refractivity contribution in [3.8, 4) is 11.4 Å². The molecule has 1 aliphatic carbocycles. The second-order valence-corrected chi connectivity index (χ2v) is 6.17. The van der Waals surface area contributed by atoms with Gasteiger partial charge in [-0.1, -0.05) is 0 Å². The van der Waals surface area contributed by atoms with E-state index < -0.39 is 6.36 Å². The first-order valence-corrected chi connectivity index (χ1v) is 7.92. The molecule has 2 aromatic rings. The molecule has 24 heavy (non-hydrogen) atoms. The van der Waals surface area contributed by atoms with Crippen LogP contribution in [0.1, 0.15) is 43.0 Å². The van der Waals surface area contributed by atoms with Crippen molar-refractivity contribution < 1.29 is 23.0 Å². The molecule has 7 heteroatoms. The third-order valence-electron chi connectivity index (χ3n) is 4.34. The first-order valence-electron chi connectivity index (χ1n) is 7.92. The van der Waals surface area contributed by atoms with Crippen molar-refractivity contribution in [2.24, 2.45) is 0 Å². The van der Waals surface area contributed by atoms with E-state index in [1.165, 1.54) is 12.1 Å². The van der Waals surface area contributed by atoms with E-state index >= 15 is 0 Å². The van der Waals surface area contributed by atoms with Crippen molar-refractivity contribution in [1.29, 1.82) is 0 Å². The molecule has 3 rings (SSSR count). The highest BCUT2D eigenvalue weighted by Gasteiger charge is 2.31. The summed E-state index contributed by atoms with van der Waals surface area (Å²) < 4.78 is 42.2. The van der Waals surface area contributed by atoms with Crippen LogP contribution >= 0.6 is 0 Å². The van der Waals surface area contributed by atoms with Crippen LogP contribution in [0.4, 0.5) is 13.2 Å². The van der Waals surface area contributed by atoms with Gasteiger partial charge in [0.15, 0.2) is 0 Å². The van der Waals surface area contributed by atoms with E-state index in [1.54, 1.807) is 16.8 Å². The summed E-state index contributed by atoms with van der Waals surface area (Å²) in [6.45, 7) is 1.91. The number of aromatic nitrogens is 2. The first kappa shape index (κ1) is 16.8. The van der Waals surface area contributed by atoms with Gasteiger partial charge in [0.25, 0.3) is 0 Å². The lowest BCUT2D eigenvalue weighted by atomic mass is 9.85. The summed E-state index contributed by atoms with van der Waals surface area (Å²) in [6, 6.07) is 7.66. The molecule has 0 saturated heterocycles. The van der Waals surface area contributed by atoms with Gasteiger partial charge in [0.1, 0.15) is 5.75 Å². The fourth-order valence-corrected chi connectivity index (χ4v) is 3.12. The van der Waals surface area contributed by atoms with Gasteiger partial charge >= 0.3 is 6.36 Å². The minimum Gasteiger partial charge on any atom is -0.406 e. The van der Waals surface area contributed by atoms with E-state index in [1.807, 2.05) is 13.0 Å². The van der Waals surface area contributed by atoms with Gasteiger partial charge in [0.2, 0.25) is 0 Å². The Morgan fingerprint density at radius 3 is 2.33 bits per heavy atom. The van der Waals surface area contributed by atoms with Gasteiger partial charge in [0.05, 0.1) is 17.5 Å². The maximum atomic E-state index is 12.2. The number of benzene rings is 1. The fourth-order valence-electron chi connectivity index (χ4n) is 3.12. The molecule has 1 fully saturated rings. The number of hydrogen-bond donors (Lipinski definition) is 1. The number of aliphatic hydroxyl groups is 1. The molecule has 0 bridgehead atoms. The van der Waals surface area contributed by atoms with Crippen molar-refractivity contribution in [2.75, 3.05) is 0 Å². The molecule has 0 radical (unpaired) electrons. The normalized spacial score (nSPS) is 21.7. The summed E-state index contributed by atoms with van der Waals surface area (Å²) in [7, 11) is 0. The van der Waals surface area contributed by atoms with Crippen LogP contribution in [0.2, 0.25) is 0 Å². The molecule has 1 heterocycles. The highest BCUT2D eigenvalue weighted by atomic mass is 19.4. The third-order valence-corrected chi connectivity index (χ3v) is 4.34. The van der Waals surface area contributed by atoms with Crippen molar-refractivity contribution in [2.45, 2.75) is 51.0 Å². The van der Waals surface area contributed by atoms with Gasteiger partial charge in [-0.25, -0.2) is 4.68 Å². The molecular formula is C17H19F3N2O2. The average Bonchev–Trinajstić information content (AvgIpc) is 2.89. The van der Waals surface area contributed by atoms with E-state index in [-0.39, 0.29) is 11.9 Å². The quantitative estimate of drug-likeness (QED) is 0.915. The van der Waals surface area contributed by atoms with Gasteiger partial charge in [-0.2, -0.15) is 5.10 Å². The Bertz CT molecular complexity index is 687. The monoisotopic (exact) mass is 340 g/mol. The number of ether oxygens (including phenoxy) is 1. The van der Waals surface area contributed by atoms with Crippen molar-refractivity contribution in [3.05, 3.63) is 41.7 Å². The van der Waals surface area contributed by atoms with Gasteiger partial charge in [-0.05, 0) is 62.9 Å². The van der Waals surface area contributed by atoms with Crippen LogP contribution in [0.25, 0.3) is 5.69 Å². The zero-order chi connectivity index (χ0) is 17.3. The zero-order valence-electron chi connectivity index (χ0n) is 13.3. The molecule has 0 aliphatic heterocycles. The second-order valence-electron chi connectivity index (χ2n) is 6.17. The molecule has 0 amide bonds. The van der Waals surface area contributed by atoms with E-state index in [4.69, 9.17) is 0 Å². The van der Waals surface area contributed by atoms with Gasteiger partial charge in [-0.15, -0.1) is 13.2 Å². The smallest absolute Gasteiger partial charge is 0.406 e. The standard InChI is InChI=1S/C17H19F3N2O2/c1-11-10-16(12-2-6-14(23)7-3-12)21-22(11)13-4-8-15(9-5-13)24-17(18,19)20/h4-5,8-10,12,14,23H,2-3,6-7H2,1H3. The lowest BCUT2D eigenvalue weighted by molar-refractivity contribution is -0.274. The Kier molecular flexibility index (Phi) is 4.54. The fraction of sp³-hybridized carbons (Fsp3) is 0.471. The average molecular weight is 340 g/mol. The molecule has 0 atom stereocenters. The Morgan fingerprint density at radius 2 is 1.75 bits per heavy atom. The van der Waals surface area contributed by atoms with E-state index in [0.29, 0.717) is 11.6 Å². The number of rotatable bonds is 3. The van der Waals surface area contributed by atoms with Crippen molar-refractivity contribution in [3.63, 3.8) is 0 Å². The zero-order valence-corrected chi connectivity index (χ0v) is 13.3. The number of halogens is 3. The van der Waals surface area contributed by atoms with Crippen LogP contribution < -0.4 is 4.74 Å². The van der Waals surface area contributed by atoms with Crippen LogP contribution in [0.3, 0.4) is 0 Å². The summed E-state index contributed by atoms with van der Waals surface area (Å²) >= 11 is 0. The minimum absolute atomic E-state index is 0.217. The third kappa shape index (κ3) is 3.90. The minimum atomic E-state index is -4.69. The number of alkyl halides is 3. The first-order chi connectivity index (χ1) is 11.3. The van der Waals surface area contributed by atoms with Gasteiger partial charge < -0.3 is 9.84 Å². The molecule has 1 aromatic carbocycles. The van der Waals surface area contributed by atoms with Gasteiger partial charge in [0, 0.05) is 11.6 Å². The van der Waals surface area contributed by atoms with E-state index in [2.05, 4.69) is 9.84 Å². The molecule has 130 valence electrons. The predicted molar refractivity (Wildman–Crippen MR) is 82.2 cm³/mol. The molecule has 1 aromatic heterocycles. The lowest BCUT2D eigenvalue weighted by Crippen LogP contribution is -2.17. The molecule has 1 aliphatic rings. The maximum absolute atomic E-state index is 12.2. The van der Waals surface area contributed by atoms with Gasteiger partial charge in [-0.3, -0.25) is 0 Å². The van der Waals surface area contributed by atoms with Crippen LogP contribution in [-0.2, 0) is 0 Å². The summed E-state index contributed by atoms with van der Waals surface area (Å²) in [5.41, 5.74) is 2.57. The predicted octanol–water partition coefficient (Wildman–Crippen LogP) is 4.10. The van der Waals surface area contributed by atoms with Crippen molar-refractivity contribution >= 4 is 0 Å². The Labute approximate surface area is 137 Å². The Hall–Kier alpha value is -2.02. The Morgan fingerprint density at radius 1 is 1.12 bits per heavy atom. The molecular weight excluding hydrogens is 321 g/mol. The van der Waals surface area contributed by atoms with Crippen LogP contribution in [0.15, 0.2) is 30.3 Å². The maximum Gasteiger partial charge on any atom is 0.573 e. The summed E-state index contributed by atoms with van der Waals surface area (Å²) in [4.78, 5) is 0. The number of aliphatic hydroxyl groups excluding tert-OH is 1. The summed E-state index contributed by atoms with van der Waals surface area (Å²) in [6.07, 6.45) is -1.56. The van der Waals surface area contributed by atoms with E-state index in [0.717, 1.165) is 37.1 Å². The highest BCUT2D eigenvalue weighted by molar-refractivity contribution is 5.38. The molecule has 1 N–H and O–H groups in total. The Balaban J connectivity index is 1.77. The topological polar surface area (TPSA) is 47.3 Å². The van der Waals surface area contributed by atoms with Crippen LogP contribution in [0, 0.1) is 6.92 Å². The SMILES string of the molecule is Cc1cc(C2CCC(O)CC2)nn1-c1ccc(OC(F)(F)F)cc1. The van der Waals surface area contributed by atoms with Crippen LogP contribution in [0.5, 0.6) is 5.75 Å². The number of nitrogens with zero attached hydrogens (tertiary/aromatic N) is 2. The van der Waals surface area contributed by atoms with Crippen molar-refractivity contribution in [1.82, 2.24) is 9.78 Å². The van der Waals surface area contributed by atoms with E-state index in [9.17, 15) is 18.3 Å². The summed E-state index contributed by atoms with van der Waals surface area (Å²) in [5, 5.41) is 14.2. The number of aryl methyl sites for hydroxylation is 1. The largest absolute Gasteiger partial charge is 0.573 e. The number of hydrogen-bond acceptors (Lipinski definition) is 3.